The van der Waals surface area contributed by atoms with Gasteiger partial charge in [-0.1, -0.05) is 12.1 Å². The van der Waals surface area contributed by atoms with Crippen molar-refractivity contribution in [1.82, 2.24) is 9.88 Å². The molecule has 0 unspecified atom stereocenters. The molecule has 0 atom stereocenters. The zero-order chi connectivity index (χ0) is 14.8. The summed E-state index contributed by atoms with van der Waals surface area (Å²) in [6.07, 6.45) is 3.17. The second kappa shape index (κ2) is 5.60. The van der Waals surface area contributed by atoms with Gasteiger partial charge < -0.3 is 4.90 Å². The lowest BCUT2D eigenvalue weighted by Crippen LogP contribution is -2.32. The van der Waals surface area contributed by atoms with E-state index in [1.165, 1.54) is 30.5 Å². The first-order valence-electron chi connectivity index (χ1n) is 6.80. The number of pyridine rings is 1. The minimum atomic E-state index is -0.608. The SMILES string of the molecule is O=C(c1ccc(F)nc1)N(Cc1ccc(F)cc1)C1CC1. The second-order valence-corrected chi connectivity index (χ2v) is 5.16. The number of amides is 1. The largest absolute Gasteiger partial charge is 0.331 e. The molecule has 1 heterocycles. The fraction of sp³-hybridized carbons (Fsp3) is 0.250. The van der Waals surface area contributed by atoms with Crippen LogP contribution < -0.4 is 0 Å². The number of hydrogen-bond donors (Lipinski definition) is 0. The number of hydrogen-bond acceptors (Lipinski definition) is 2. The molecule has 0 saturated heterocycles. The van der Waals surface area contributed by atoms with Gasteiger partial charge in [0.2, 0.25) is 5.95 Å². The van der Waals surface area contributed by atoms with Gasteiger partial charge in [0.05, 0.1) is 5.56 Å². The van der Waals surface area contributed by atoms with E-state index in [1.807, 2.05) is 0 Å². The van der Waals surface area contributed by atoms with Crippen LogP contribution >= 0.6 is 0 Å². The summed E-state index contributed by atoms with van der Waals surface area (Å²) >= 11 is 0. The van der Waals surface area contributed by atoms with Crippen molar-refractivity contribution >= 4 is 5.91 Å². The van der Waals surface area contributed by atoms with Gasteiger partial charge in [-0.05, 0) is 42.7 Å². The van der Waals surface area contributed by atoms with E-state index in [-0.39, 0.29) is 17.8 Å². The molecular formula is C16H14F2N2O. The van der Waals surface area contributed by atoms with E-state index in [2.05, 4.69) is 4.98 Å². The van der Waals surface area contributed by atoms with Crippen LogP contribution in [0.2, 0.25) is 0 Å². The molecule has 0 N–H and O–H groups in total. The maximum Gasteiger partial charge on any atom is 0.255 e. The molecule has 0 spiro atoms. The van der Waals surface area contributed by atoms with Gasteiger partial charge in [-0.2, -0.15) is 4.39 Å². The fourth-order valence-corrected chi connectivity index (χ4v) is 2.21. The number of carbonyl (C=O) groups excluding carboxylic acids is 1. The molecule has 1 fully saturated rings. The van der Waals surface area contributed by atoms with Gasteiger partial charge in [0.15, 0.2) is 0 Å². The van der Waals surface area contributed by atoms with E-state index in [9.17, 15) is 13.6 Å². The van der Waals surface area contributed by atoms with Crippen LogP contribution in [0.5, 0.6) is 0 Å². The smallest absolute Gasteiger partial charge is 0.255 e. The Bertz CT molecular complexity index is 636. The predicted octanol–water partition coefficient (Wildman–Crippen LogP) is 3.16. The first kappa shape index (κ1) is 13.7. The fourth-order valence-electron chi connectivity index (χ4n) is 2.21. The molecule has 2 aromatic rings. The molecule has 1 saturated carbocycles. The molecule has 108 valence electrons. The molecule has 1 aromatic carbocycles. The summed E-state index contributed by atoms with van der Waals surface area (Å²) in [4.78, 5) is 17.8. The third kappa shape index (κ3) is 3.24. The Morgan fingerprint density at radius 1 is 1.14 bits per heavy atom. The summed E-state index contributed by atoms with van der Waals surface area (Å²) in [5, 5.41) is 0. The molecule has 1 aliphatic rings. The summed E-state index contributed by atoms with van der Waals surface area (Å²) in [7, 11) is 0. The van der Waals surface area contributed by atoms with Crippen LogP contribution in [0.1, 0.15) is 28.8 Å². The Morgan fingerprint density at radius 3 is 2.43 bits per heavy atom. The van der Waals surface area contributed by atoms with Crippen LogP contribution in [0.15, 0.2) is 42.6 Å². The average Bonchev–Trinajstić information content (AvgIpc) is 3.31. The van der Waals surface area contributed by atoms with E-state index in [1.54, 1.807) is 17.0 Å². The zero-order valence-corrected chi connectivity index (χ0v) is 11.3. The van der Waals surface area contributed by atoms with Crippen LogP contribution in [0.4, 0.5) is 8.78 Å². The maximum atomic E-state index is 12.9. The van der Waals surface area contributed by atoms with Crippen LogP contribution in [-0.2, 0) is 6.54 Å². The van der Waals surface area contributed by atoms with Gasteiger partial charge >= 0.3 is 0 Å². The summed E-state index contributed by atoms with van der Waals surface area (Å²) in [6.45, 7) is 0.418. The third-order valence-corrected chi connectivity index (χ3v) is 3.49. The van der Waals surface area contributed by atoms with Gasteiger partial charge in [-0.25, -0.2) is 9.37 Å². The average molecular weight is 288 g/mol. The maximum absolute atomic E-state index is 12.9. The van der Waals surface area contributed by atoms with E-state index in [0.29, 0.717) is 12.1 Å². The van der Waals surface area contributed by atoms with Gasteiger partial charge in [0.25, 0.3) is 5.91 Å². The van der Waals surface area contributed by atoms with Crippen molar-refractivity contribution < 1.29 is 13.6 Å². The minimum absolute atomic E-state index is 0.172. The molecule has 1 amide bonds. The number of rotatable bonds is 4. The van der Waals surface area contributed by atoms with Crippen LogP contribution in [0.3, 0.4) is 0 Å². The van der Waals surface area contributed by atoms with Crippen LogP contribution in [0, 0.1) is 11.8 Å². The highest BCUT2D eigenvalue weighted by Crippen LogP contribution is 2.29. The van der Waals surface area contributed by atoms with E-state index >= 15 is 0 Å². The lowest BCUT2D eigenvalue weighted by Gasteiger charge is -2.22. The Balaban J connectivity index is 1.79. The van der Waals surface area contributed by atoms with Crippen LogP contribution in [0.25, 0.3) is 0 Å². The topological polar surface area (TPSA) is 33.2 Å². The number of carbonyl (C=O) groups is 1. The lowest BCUT2D eigenvalue weighted by atomic mass is 10.1. The van der Waals surface area contributed by atoms with Gasteiger partial charge in [-0.3, -0.25) is 4.79 Å². The predicted molar refractivity (Wildman–Crippen MR) is 73.5 cm³/mol. The second-order valence-electron chi connectivity index (χ2n) is 5.16. The van der Waals surface area contributed by atoms with Crippen molar-refractivity contribution in [3.05, 3.63) is 65.5 Å². The Kier molecular flexibility index (Phi) is 3.64. The van der Waals surface area contributed by atoms with Gasteiger partial charge in [-0.15, -0.1) is 0 Å². The molecular weight excluding hydrogens is 274 g/mol. The molecule has 0 bridgehead atoms. The van der Waals surface area contributed by atoms with Gasteiger partial charge in [0, 0.05) is 18.8 Å². The molecule has 5 heteroatoms. The van der Waals surface area contributed by atoms with E-state index in [4.69, 9.17) is 0 Å². The van der Waals surface area contributed by atoms with Crippen molar-refractivity contribution in [2.75, 3.05) is 0 Å². The molecule has 3 nitrogen and oxygen atoms in total. The highest BCUT2D eigenvalue weighted by molar-refractivity contribution is 5.94. The molecule has 0 aliphatic heterocycles. The zero-order valence-electron chi connectivity index (χ0n) is 11.3. The summed E-state index contributed by atoms with van der Waals surface area (Å²) < 4.78 is 25.8. The van der Waals surface area contributed by atoms with E-state index < -0.39 is 5.95 Å². The monoisotopic (exact) mass is 288 g/mol. The van der Waals surface area contributed by atoms with Crippen molar-refractivity contribution in [3.63, 3.8) is 0 Å². The first-order valence-corrected chi connectivity index (χ1v) is 6.80. The minimum Gasteiger partial charge on any atom is -0.331 e. The third-order valence-electron chi connectivity index (χ3n) is 3.49. The quantitative estimate of drug-likeness (QED) is 0.810. The molecule has 1 aromatic heterocycles. The van der Waals surface area contributed by atoms with Crippen molar-refractivity contribution in [1.29, 1.82) is 0 Å². The van der Waals surface area contributed by atoms with Crippen LogP contribution in [-0.4, -0.2) is 21.8 Å². The van der Waals surface area contributed by atoms with E-state index in [0.717, 1.165) is 18.4 Å². The Hall–Kier alpha value is -2.30. The van der Waals surface area contributed by atoms with Crippen molar-refractivity contribution in [3.8, 4) is 0 Å². The lowest BCUT2D eigenvalue weighted by molar-refractivity contribution is 0.0729. The van der Waals surface area contributed by atoms with Crippen molar-refractivity contribution in [2.24, 2.45) is 0 Å². The number of benzene rings is 1. The number of halogens is 2. The normalized spacial score (nSPS) is 14.0. The highest BCUT2D eigenvalue weighted by atomic mass is 19.1. The molecule has 0 radical (unpaired) electrons. The number of nitrogens with zero attached hydrogens (tertiary/aromatic N) is 2. The molecule has 1 aliphatic carbocycles. The molecule has 21 heavy (non-hydrogen) atoms. The first-order chi connectivity index (χ1) is 10.1. The standard InChI is InChI=1S/C16H14F2N2O/c17-13-4-1-11(2-5-13)10-20(14-6-7-14)16(21)12-3-8-15(18)19-9-12/h1-5,8-9,14H,6-7,10H2. The number of aromatic nitrogens is 1. The highest BCUT2D eigenvalue weighted by Gasteiger charge is 2.33. The Morgan fingerprint density at radius 2 is 1.86 bits per heavy atom. The molecule has 3 rings (SSSR count). The summed E-state index contributed by atoms with van der Waals surface area (Å²) in [6, 6.07) is 8.91. The van der Waals surface area contributed by atoms with Crippen molar-refractivity contribution in [2.45, 2.75) is 25.4 Å². The summed E-state index contributed by atoms with van der Waals surface area (Å²) in [5.74, 6) is -1.08. The summed E-state index contributed by atoms with van der Waals surface area (Å²) in [5.41, 5.74) is 1.23. The Labute approximate surface area is 121 Å². The van der Waals surface area contributed by atoms with Gasteiger partial charge in [0.1, 0.15) is 5.82 Å².